The summed E-state index contributed by atoms with van der Waals surface area (Å²) in [6.45, 7) is 5.40. The molecule has 0 unspecified atom stereocenters. The standard InChI is InChI=1S/C25H29NO4/c1-3-29-23-14-13-19(16-24(23)30-4-2)15-22(28)25-20(11-8-12-21(25)27)26-17-18-9-6-5-7-10-18/h5-7,9-10,13-14,16,28H,3-4,8,11-12,15,17H2,1-2H3/b25-22-,26-20?. The van der Waals surface area contributed by atoms with Crippen LogP contribution in [0.3, 0.4) is 0 Å². The molecule has 1 fully saturated rings. The maximum atomic E-state index is 12.6. The van der Waals surface area contributed by atoms with Crippen LogP contribution in [0, 0.1) is 0 Å². The van der Waals surface area contributed by atoms with Crippen LogP contribution >= 0.6 is 0 Å². The van der Waals surface area contributed by atoms with Gasteiger partial charge in [0.15, 0.2) is 17.3 Å². The monoisotopic (exact) mass is 407 g/mol. The number of aliphatic imine (C=N–C) groups is 1. The molecular formula is C25H29NO4. The first-order valence-corrected chi connectivity index (χ1v) is 10.5. The van der Waals surface area contributed by atoms with Gasteiger partial charge in [0.05, 0.1) is 25.3 Å². The summed E-state index contributed by atoms with van der Waals surface area (Å²) < 4.78 is 11.3. The van der Waals surface area contributed by atoms with Crippen molar-refractivity contribution in [3.05, 3.63) is 71.0 Å². The number of nitrogens with zero attached hydrogens (tertiary/aromatic N) is 1. The molecule has 5 nitrogen and oxygen atoms in total. The molecule has 0 aliphatic heterocycles. The summed E-state index contributed by atoms with van der Waals surface area (Å²) in [5.41, 5.74) is 3.01. The Morgan fingerprint density at radius 3 is 2.43 bits per heavy atom. The van der Waals surface area contributed by atoms with Gasteiger partial charge in [-0.15, -0.1) is 0 Å². The highest BCUT2D eigenvalue weighted by atomic mass is 16.5. The fraction of sp³-hybridized carbons (Fsp3) is 0.360. The first kappa shape index (κ1) is 21.6. The third-order valence-corrected chi connectivity index (χ3v) is 4.95. The fourth-order valence-corrected chi connectivity index (χ4v) is 3.57. The summed E-state index contributed by atoms with van der Waals surface area (Å²) in [5, 5.41) is 10.9. The van der Waals surface area contributed by atoms with Crippen LogP contribution in [0.2, 0.25) is 0 Å². The molecule has 0 heterocycles. The maximum Gasteiger partial charge on any atom is 0.168 e. The number of allylic oxidation sites excluding steroid dienone is 2. The van der Waals surface area contributed by atoms with E-state index in [0.717, 1.165) is 17.5 Å². The Bertz CT molecular complexity index is 931. The lowest BCUT2D eigenvalue weighted by Crippen LogP contribution is -2.22. The van der Waals surface area contributed by atoms with Crippen molar-refractivity contribution in [1.29, 1.82) is 0 Å². The van der Waals surface area contributed by atoms with E-state index in [1.807, 2.05) is 62.4 Å². The minimum Gasteiger partial charge on any atom is -0.511 e. The van der Waals surface area contributed by atoms with E-state index >= 15 is 0 Å². The topological polar surface area (TPSA) is 68.1 Å². The minimum atomic E-state index is -0.0403. The summed E-state index contributed by atoms with van der Waals surface area (Å²) in [4.78, 5) is 17.3. The molecule has 1 N–H and O–H groups in total. The Balaban J connectivity index is 1.86. The van der Waals surface area contributed by atoms with Crippen molar-refractivity contribution in [3.63, 3.8) is 0 Å². The van der Waals surface area contributed by atoms with Crippen molar-refractivity contribution in [3.8, 4) is 11.5 Å². The van der Waals surface area contributed by atoms with Gasteiger partial charge >= 0.3 is 0 Å². The predicted molar refractivity (Wildman–Crippen MR) is 119 cm³/mol. The second-order valence-electron chi connectivity index (χ2n) is 7.17. The molecule has 0 radical (unpaired) electrons. The van der Waals surface area contributed by atoms with E-state index in [1.165, 1.54) is 0 Å². The van der Waals surface area contributed by atoms with E-state index < -0.39 is 0 Å². The molecule has 0 saturated heterocycles. The smallest absolute Gasteiger partial charge is 0.168 e. The van der Waals surface area contributed by atoms with Gasteiger partial charge in [-0.1, -0.05) is 36.4 Å². The van der Waals surface area contributed by atoms with Crippen LogP contribution < -0.4 is 9.47 Å². The Morgan fingerprint density at radius 2 is 1.70 bits per heavy atom. The van der Waals surface area contributed by atoms with Crippen molar-refractivity contribution in [1.82, 2.24) is 0 Å². The number of ether oxygens (including phenoxy) is 2. The van der Waals surface area contributed by atoms with Crippen LogP contribution in [-0.4, -0.2) is 29.8 Å². The largest absolute Gasteiger partial charge is 0.511 e. The molecule has 0 spiro atoms. The van der Waals surface area contributed by atoms with Crippen molar-refractivity contribution < 1.29 is 19.4 Å². The van der Waals surface area contributed by atoms with Crippen molar-refractivity contribution in [2.75, 3.05) is 13.2 Å². The summed E-state index contributed by atoms with van der Waals surface area (Å²) in [6, 6.07) is 15.5. The number of aliphatic hydroxyl groups excluding tert-OH is 1. The van der Waals surface area contributed by atoms with Gasteiger partial charge in [0.25, 0.3) is 0 Å². The number of carbonyl (C=O) groups excluding carboxylic acids is 1. The predicted octanol–water partition coefficient (Wildman–Crippen LogP) is 5.23. The number of ketones is 1. The van der Waals surface area contributed by atoms with E-state index in [-0.39, 0.29) is 18.0 Å². The molecule has 3 rings (SSSR count). The van der Waals surface area contributed by atoms with Gasteiger partial charge in [-0.05, 0) is 49.9 Å². The SMILES string of the molecule is CCOc1ccc(C/C(O)=C2/C(=O)CCCC2=NCc2ccccc2)cc1OCC. The maximum absolute atomic E-state index is 12.6. The third-order valence-electron chi connectivity index (χ3n) is 4.95. The minimum absolute atomic E-state index is 0.0403. The molecule has 2 aromatic rings. The van der Waals surface area contributed by atoms with E-state index in [0.29, 0.717) is 55.4 Å². The highest BCUT2D eigenvalue weighted by Crippen LogP contribution is 2.30. The number of hydrogen-bond donors (Lipinski definition) is 1. The molecule has 30 heavy (non-hydrogen) atoms. The van der Waals surface area contributed by atoms with Gasteiger partial charge in [0.1, 0.15) is 5.76 Å². The first-order chi connectivity index (χ1) is 14.6. The molecule has 1 saturated carbocycles. The number of rotatable bonds is 8. The summed E-state index contributed by atoms with van der Waals surface area (Å²) in [6.07, 6.45) is 2.15. The van der Waals surface area contributed by atoms with E-state index in [4.69, 9.17) is 9.47 Å². The molecule has 0 atom stereocenters. The number of carbonyl (C=O) groups is 1. The van der Waals surface area contributed by atoms with Crippen molar-refractivity contribution in [2.45, 2.75) is 46.1 Å². The zero-order valence-electron chi connectivity index (χ0n) is 17.7. The Kier molecular flexibility index (Phi) is 7.66. The first-order valence-electron chi connectivity index (χ1n) is 10.5. The molecule has 1 aliphatic carbocycles. The summed E-state index contributed by atoms with van der Waals surface area (Å²) >= 11 is 0. The highest BCUT2D eigenvalue weighted by molar-refractivity contribution is 6.24. The number of Topliss-reactive ketones (excluding diaryl/α,β-unsaturated/α-hetero) is 1. The molecular weight excluding hydrogens is 378 g/mol. The Hall–Kier alpha value is -3.08. The molecule has 158 valence electrons. The van der Waals surface area contributed by atoms with Crippen molar-refractivity contribution in [2.24, 2.45) is 4.99 Å². The number of aliphatic hydroxyl groups is 1. The molecule has 0 aromatic heterocycles. The number of hydrogen-bond acceptors (Lipinski definition) is 5. The van der Waals surface area contributed by atoms with Gasteiger partial charge < -0.3 is 14.6 Å². The average Bonchev–Trinajstić information content (AvgIpc) is 2.75. The van der Waals surface area contributed by atoms with Gasteiger partial charge in [-0.3, -0.25) is 9.79 Å². The van der Waals surface area contributed by atoms with Gasteiger partial charge in [0.2, 0.25) is 0 Å². The fourth-order valence-electron chi connectivity index (χ4n) is 3.57. The second kappa shape index (κ2) is 10.6. The van der Waals surface area contributed by atoms with Crippen LogP contribution in [0.25, 0.3) is 0 Å². The van der Waals surface area contributed by atoms with Crippen LogP contribution in [0.1, 0.15) is 44.2 Å². The van der Waals surface area contributed by atoms with Crippen LogP contribution in [0.5, 0.6) is 11.5 Å². The Labute approximate surface area is 178 Å². The van der Waals surface area contributed by atoms with Crippen LogP contribution in [0.4, 0.5) is 0 Å². The molecule has 0 amide bonds. The zero-order chi connectivity index (χ0) is 21.3. The van der Waals surface area contributed by atoms with Crippen LogP contribution in [0.15, 0.2) is 64.9 Å². The molecule has 1 aliphatic rings. The van der Waals surface area contributed by atoms with Gasteiger partial charge in [-0.2, -0.15) is 0 Å². The lowest BCUT2D eigenvalue weighted by Gasteiger charge is -2.18. The molecule has 0 bridgehead atoms. The normalized spacial score (nSPS) is 17.1. The lowest BCUT2D eigenvalue weighted by atomic mass is 9.89. The Morgan fingerprint density at radius 1 is 0.967 bits per heavy atom. The van der Waals surface area contributed by atoms with Crippen molar-refractivity contribution >= 4 is 11.5 Å². The van der Waals surface area contributed by atoms with Gasteiger partial charge in [-0.25, -0.2) is 0 Å². The third kappa shape index (κ3) is 5.50. The van der Waals surface area contributed by atoms with Crippen LogP contribution in [-0.2, 0) is 17.8 Å². The highest BCUT2D eigenvalue weighted by Gasteiger charge is 2.25. The molecule has 5 heteroatoms. The van der Waals surface area contributed by atoms with E-state index in [1.54, 1.807) is 0 Å². The zero-order valence-corrected chi connectivity index (χ0v) is 17.7. The second-order valence-corrected chi connectivity index (χ2v) is 7.17. The lowest BCUT2D eigenvalue weighted by molar-refractivity contribution is -0.115. The van der Waals surface area contributed by atoms with Gasteiger partial charge in [0, 0.05) is 18.6 Å². The quantitative estimate of drug-likeness (QED) is 0.480. The van der Waals surface area contributed by atoms with E-state index in [2.05, 4.69) is 4.99 Å². The van der Waals surface area contributed by atoms with E-state index in [9.17, 15) is 9.90 Å². The number of benzene rings is 2. The molecule has 2 aromatic carbocycles. The summed E-state index contributed by atoms with van der Waals surface area (Å²) in [5.74, 6) is 1.34. The average molecular weight is 408 g/mol. The summed E-state index contributed by atoms with van der Waals surface area (Å²) in [7, 11) is 0.